The van der Waals surface area contributed by atoms with E-state index in [2.05, 4.69) is 10.1 Å². The molecule has 8 nitrogen and oxygen atoms in total. The van der Waals surface area contributed by atoms with Gasteiger partial charge in [0.15, 0.2) is 0 Å². The second kappa shape index (κ2) is 8.66. The number of hydrogen-bond donors (Lipinski definition) is 1. The number of amides is 3. The van der Waals surface area contributed by atoms with Crippen molar-refractivity contribution in [3.05, 3.63) is 64.7 Å². The highest BCUT2D eigenvalue weighted by molar-refractivity contribution is 6.22. The highest BCUT2D eigenvalue weighted by atomic mass is 16.5. The molecule has 0 spiro atoms. The summed E-state index contributed by atoms with van der Waals surface area (Å²) in [7, 11) is 2.84. The Morgan fingerprint density at radius 1 is 0.931 bits per heavy atom. The van der Waals surface area contributed by atoms with Crippen LogP contribution in [0.4, 0.5) is 5.69 Å². The molecule has 3 amide bonds. The molecule has 2 aromatic carbocycles. The van der Waals surface area contributed by atoms with Crippen LogP contribution >= 0.6 is 0 Å². The van der Waals surface area contributed by atoms with Crippen LogP contribution in [0.2, 0.25) is 0 Å². The van der Waals surface area contributed by atoms with Gasteiger partial charge >= 0.3 is 5.97 Å². The number of ether oxygens (including phenoxy) is 2. The highest BCUT2D eigenvalue weighted by Gasteiger charge is 2.35. The van der Waals surface area contributed by atoms with Gasteiger partial charge in [-0.05, 0) is 48.9 Å². The number of esters is 1. The number of hydrogen-bond acceptors (Lipinski definition) is 6. The predicted octanol–water partition coefficient (Wildman–Crippen LogP) is 2.36. The first-order valence-corrected chi connectivity index (χ1v) is 8.95. The zero-order chi connectivity index (χ0) is 21.0. The minimum absolute atomic E-state index is 0.209. The van der Waals surface area contributed by atoms with E-state index in [0.717, 1.165) is 4.90 Å². The fourth-order valence-electron chi connectivity index (χ4n) is 3.01. The number of methoxy groups -OCH3 is 2. The van der Waals surface area contributed by atoms with Crippen molar-refractivity contribution in [1.82, 2.24) is 4.90 Å². The Bertz CT molecular complexity index is 968. The third-order valence-corrected chi connectivity index (χ3v) is 4.53. The van der Waals surface area contributed by atoms with E-state index in [9.17, 15) is 19.2 Å². The molecule has 1 heterocycles. The van der Waals surface area contributed by atoms with Crippen LogP contribution < -0.4 is 5.32 Å². The van der Waals surface area contributed by atoms with Gasteiger partial charge in [0, 0.05) is 31.5 Å². The number of benzene rings is 2. The summed E-state index contributed by atoms with van der Waals surface area (Å²) in [5, 5.41) is 2.70. The molecule has 150 valence electrons. The Morgan fingerprint density at radius 2 is 1.59 bits per heavy atom. The molecular weight excluding hydrogens is 376 g/mol. The molecule has 0 radical (unpaired) electrons. The third-order valence-electron chi connectivity index (χ3n) is 4.53. The summed E-state index contributed by atoms with van der Waals surface area (Å²) in [5.41, 5.74) is 1.58. The average Bonchev–Trinajstić information content (AvgIpc) is 2.98. The van der Waals surface area contributed by atoms with Gasteiger partial charge in [-0.3, -0.25) is 19.3 Å². The molecule has 0 saturated heterocycles. The van der Waals surface area contributed by atoms with Crippen LogP contribution in [0.25, 0.3) is 0 Å². The summed E-state index contributed by atoms with van der Waals surface area (Å²) in [6, 6.07) is 10.6. The lowest BCUT2D eigenvalue weighted by Crippen LogP contribution is -2.31. The van der Waals surface area contributed by atoms with Crippen LogP contribution in [0, 0.1) is 0 Å². The molecule has 0 fully saturated rings. The molecule has 0 unspecified atom stereocenters. The quantitative estimate of drug-likeness (QED) is 0.438. The molecule has 0 atom stereocenters. The third kappa shape index (κ3) is 4.17. The van der Waals surface area contributed by atoms with Crippen molar-refractivity contribution < 1.29 is 28.7 Å². The zero-order valence-electron chi connectivity index (χ0n) is 16.1. The average molecular weight is 396 g/mol. The fourth-order valence-corrected chi connectivity index (χ4v) is 3.01. The SMILES string of the molecule is COCCCN1C(=O)c2ccc(C(=O)Nc3ccc(C(=O)OC)cc3)cc2C1=O. The van der Waals surface area contributed by atoms with E-state index >= 15 is 0 Å². The molecule has 2 aromatic rings. The Labute approximate surface area is 167 Å². The maximum atomic E-state index is 12.6. The lowest BCUT2D eigenvalue weighted by Gasteiger charge is -2.12. The first-order chi connectivity index (χ1) is 14.0. The van der Waals surface area contributed by atoms with Gasteiger partial charge in [0.25, 0.3) is 17.7 Å². The number of rotatable bonds is 7. The van der Waals surface area contributed by atoms with Gasteiger partial charge in [-0.2, -0.15) is 0 Å². The summed E-state index contributed by atoms with van der Waals surface area (Å²) >= 11 is 0. The number of fused-ring (bicyclic) bond motifs is 1. The standard InChI is InChI=1S/C21H20N2O6/c1-28-11-3-10-23-19(25)16-9-6-14(12-17(16)20(23)26)18(24)22-15-7-4-13(5-8-15)21(27)29-2/h4-9,12H,3,10-11H2,1-2H3,(H,22,24). The Hall–Kier alpha value is -3.52. The van der Waals surface area contributed by atoms with E-state index in [1.165, 1.54) is 37.4 Å². The fraction of sp³-hybridized carbons (Fsp3) is 0.238. The lowest BCUT2D eigenvalue weighted by molar-refractivity contribution is 0.0597. The van der Waals surface area contributed by atoms with Crippen LogP contribution in [0.1, 0.15) is 47.9 Å². The maximum absolute atomic E-state index is 12.6. The van der Waals surface area contributed by atoms with Gasteiger partial charge in [-0.25, -0.2) is 4.79 Å². The van der Waals surface area contributed by atoms with E-state index in [1.807, 2.05) is 0 Å². The van der Waals surface area contributed by atoms with Crippen LogP contribution in [0.15, 0.2) is 42.5 Å². The molecule has 3 rings (SSSR count). The molecule has 1 aliphatic rings. The van der Waals surface area contributed by atoms with Crippen molar-refractivity contribution in [2.75, 3.05) is 32.7 Å². The summed E-state index contributed by atoms with van der Waals surface area (Å²) in [4.78, 5) is 50.1. The number of carbonyl (C=O) groups excluding carboxylic acids is 4. The highest BCUT2D eigenvalue weighted by Crippen LogP contribution is 2.24. The minimum atomic E-state index is -0.472. The Balaban J connectivity index is 1.73. The van der Waals surface area contributed by atoms with E-state index in [4.69, 9.17) is 4.74 Å². The number of anilines is 1. The van der Waals surface area contributed by atoms with Crippen molar-refractivity contribution in [3.63, 3.8) is 0 Å². The van der Waals surface area contributed by atoms with Crippen LogP contribution in [-0.4, -0.2) is 56.0 Å². The first-order valence-electron chi connectivity index (χ1n) is 8.95. The number of imide groups is 1. The molecule has 8 heteroatoms. The Kier molecular flexibility index (Phi) is 6.04. The van der Waals surface area contributed by atoms with Gasteiger partial charge < -0.3 is 14.8 Å². The van der Waals surface area contributed by atoms with E-state index in [1.54, 1.807) is 19.2 Å². The second-order valence-corrected chi connectivity index (χ2v) is 6.39. The van der Waals surface area contributed by atoms with Crippen molar-refractivity contribution in [2.24, 2.45) is 0 Å². The van der Waals surface area contributed by atoms with Gasteiger partial charge in [-0.15, -0.1) is 0 Å². The predicted molar refractivity (Wildman–Crippen MR) is 104 cm³/mol. The topological polar surface area (TPSA) is 102 Å². The smallest absolute Gasteiger partial charge is 0.337 e. The monoisotopic (exact) mass is 396 g/mol. The Morgan fingerprint density at radius 3 is 2.24 bits per heavy atom. The summed E-state index contributed by atoms with van der Waals surface area (Å²) in [5.74, 6) is -1.69. The minimum Gasteiger partial charge on any atom is -0.465 e. The summed E-state index contributed by atoms with van der Waals surface area (Å²) in [6.07, 6.45) is 0.539. The molecule has 0 bridgehead atoms. The van der Waals surface area contributed by atoms with Gasteiger partial charge in [0.1, 0.15) is 0 Å². The van der Waals surface area contributed by atoms with E-state index < -0.39 is 17.8 Å². The van der Waals surface area contributed by atoms with Gasteiger partial charge in [-0.1, -0.05) is 0 Å². The van der Waals surface area contributed by atoms with Crippen molar-refractivity contribution in [3.8, 4) is 0 Å². The summed E-state index contributed by atoms with van der Waals surface area (Å²) in [6.45, 7) is 0.699. The zero-order valence-corrected chi connectivity index (χ0v) is 16.1. The molecule has 0 aromatic heterocycles. The van der Waals surface area contributed by atoms with Gasteiger partial charge in [0.2, 0.25) is 0 Å². The molecule has 1 N–H and O–H groups in total. The van der Waals surface area contributed by atoms with Crippen LogP contribution in [0.5, 0.6) is 0 Å². The van der Waals surface area contributed by atoms with E-state index in [0.29, 0.717) is 24.3 Å². The van der Waals surface area contributed by atoms with Crippen molar-refractivity contribution in [1.29, 1.82) is 0 Å². The molecule has 29 heavy (non-hydrogen) atoms. The van der Waals surface area contributed by atoms with Crippen LogP contribution in [0.3, 0.4) is 0 Å². The lowest BCUT2D eigenvalue weighted by atomic mass is 10.1. The number of carbonyl (C=O) groups is 4. The van der Waals surface area contributed by atoms with E-state index in [-0.39, 0.29) is 29.1 Å². The van der Waals surface area contributed by atoms with Crippen molar-refractivity contribution in [2.45, 2.75) is 6.42 Å². The second-order valence-electron chi connectivity index (χ2n) is 6.39. The van der Waals surface area contributed by atoms with Gasteiger partial charge in [0.05, 0.1) is 23.8 Å². The first kappa shape index (κ1) is 20.2. The van der Waals surface area contributed by atoms with Crippen molar-refractivity contribution >= 4 is 29.4 Å². The number of nitrogens with zero attached hydrogens (tertiary/aromatic N) is 1. The number of nitrogens with one attached hydrogen (secondary N) is 1. The summed E-state index contributed by atoms with van der Waals surface area (Å²) < 4.78 is 9.59. The molecule has 0 aliphatic carbocycles. The maximum Gasteiger partial charge on any atom is 0.337 e. The molecule has 1 aliphatic heterocycles. The molecular formula is C21H20N2O6. The normalized spacial score (nSPS) is 12.7. The molecule has 0 saturated carbocycles. The van der Waals surface area contributed by atoms with Crippen LogP contribution in [-0.2, 0) is 9.47 Å². The largest absolute Gasteiger partial charge is 0.465 e.